The second kappa shape index (κ2) is 3.62. The van der Waals surface area contributed by atoms with Crippen LogP contribution in [-0.4, -0.2) is 10.0 Å². The highest BCUT2D eigenvalue weighted by Crippen LogP contribution is 2.29. The van der Waals surface area contributed by atoms with E-state index in [4.69, 9.17) is 0 Å². The Kier molecular flexibility index (Phi) is 2.28. The number of nitrogens with zero attached hydrogens (tertiary/aromatic N) is 1. The maximum atomic E-state index is 11.4. The average Bonchev–Trinajstić information content (AvgIpc) is 2.37. The summed E-state index contributed by atoms with van der Waals surface area (Å²) in [5, 5.41) is 21.3. The normalized spacial score (nSPS) is 10.2. The Morgan fingerprint density at radius 2 is 1.81 bits per heavy atom. The highest BCUT2D eigenvalue weighted by Gasteiger charge is 2.19. The summed E-state index contributed by atoms with van der Waals surface area (Å²) in [4.78, 5) is 21.2. The van der Waals surface area contributed by atoms with Crippen LogP contribution in [0.2, 0.25) is 0 Å². The molecule has 0 aromatic heterocycles. The van der Waals surface area contributed by atoms with E-state index in [1.54, 1.807) is 18.2 Å². The minimum atomic E-state index is -0.871. The summed E-state index contributed by atoms with van der Waals surface area (Å²) in [6.45, 7) is 0. The van der Waals surface area contributed by atoms with Crippen molar-refractivity contribution >= 4 is 16.5 Å². The topological polar surface area (TPSA) is 80.4 Å². The summed E-state index contributed by atoms with van der Waals surface area (Å²) in [7, 11) is 0. The first kappa shape index (κ1) is 10.1. The number of aromatic hydroxyl groups is 1. The van der Waals surface area contributed by atoms with Gasteiger partial charge in [0.05, 0.1) is 4.92 Å². The van der Waals surface area contributed by atoms with Crippen molar-refractivity contribution in [2.45, 2.75) is 0 Å². The third-order valence-electron chi connectivity index (χ3n) is 2.27. The van der Waals surface area contributed by atoms with Crippen molar-refractivity contribution in [1.82, 2.24) is 0 Å². The molecule has 0 spiro atoms. The van der Waals surface area contributed by atoms with Gasteiger partial charge in [-0.25, -0.2) is 0 Å². The Labute approximate surface area is 89.7 Å². The summed E-state index contributed by atoms with van der Waals surface area (Å²) in [6.07, 6.45) is 0. The van der Waals surface area contributed by atoms with Gasteiger partial charge in [-0.05, 0) is 11.5 Å². The summed E-state index contributed by atoms with van der Waals surface area (Å²) in [6, 6.07) is 9.08. The quantitative estimate of drug-likeness (QED) is 0.583. The maximum absolute atomic E-state index is 11.4. The second-order valence-electron chi connectivity index (χ2n) is 3.24. The van der Waals surface area contributed by atoms with E-state index in [9.17, 15) is 20.0 Å². The average molecular weight is 217 g/mol. The molecule has 0 bridgehead atoms. The number of fused-ring (bicyclic) bond motifs is 1. The molecule has 80 valence electrons. The molecule has 0 amide bonds. The van der Waals surface area contributed by atoms with Crippen molar-refractivity contribution in [2.24, 2.45) is 0 Å². The van der Waals surface area contributed by atoms with Gasteiger partial charge >= 0.3 is 5.69 Å². The molecular formula is C11H7NO4. The molecular weight excluding hydrogens is 210 g/mol. The summed E-state index contributed by atoms with van der Waals surface area (Å²) < 4.78 is 0. The zero-order chi connectivity index (χ0) is 11.7. The highest BCUT2D eigenvalue weighted by atomic mass is 16.6. The summed E-state index contributed by atoms with van der Waals surface area (Å²) in [5.74, 6) is -0.587. The van der Waals surface area contributed by atoms with E-state index < -0.39 is 21.8 Å². The van der Waals surface area contributed by atoms with Crippen molar-refractivity contribution in [1.29, 1.82) is 0 Å². The highest BCUT2D eigenvalue weighted by molar-refractivity contribution is 5.89. The molecule has 0 aliphatic rings. The largest absolute Gasteiger partial charge is 0.502 e. The van der Waals surface area contributed by atoms with Gasteiger partial charge in [-0.15, -0.1) is 0 Å². The smallest absolute Gasteiger partial charge is 0.358 e. The molecule has 0 heterocycles. The van der Waals surface area contributed by atoms with E-state index in [2.05, 4.69) is 0 Å². The van der Waals surface area contributed by atoms with Crippen LogP contribution in [0.4, 0.5) is 5.69 Å². The first-order valence-corrected chi connectivity index (χ1v) is 4.50. The molecule has 0 aliphatic carbocycles. The van der Waals surface area contributed by atoms with Crippen LogP contribution < -0.4 is 5.43 Å². The predicted molar refractivity (Wildman–Crippen MR) is 58.5 cm³/mol. The van der Waals surface area contributed by atoms with Crippen molar-refractivity contribution in [2.75, 3.05) is 0 Å². The van der Waals surface area contributed by atoms with E-state index in [-0.39, 0.29) is 5.39 Å². The molecule has 0 aliphatic heterocycles. The molecule has 0 radical (unpaired) electrons. The standard InChI is InChI=1S/C11H7NO4/c13-9-6-5-7-3-1-2-4-8(7)11(14)10(9)12(15)16/h1-6,14H. The fraction of sp³-hybridized carbons (Fsp3) is 0. The van der Waals surface area contributed by atoms with Crippen LogP contribution in [0.25, 0.3) is 10.8 Å². The number of hydrogen-bond donors (Lipinski definition) is 1. The third-order valence-corrected chi connectivity index (χ3v) is 2.27. The number of nitro groups is 1. The Morgan fingerprint density at radius 3 is 2.50 bits per heavy atom. The molecule has 1 N–H and O–H groups in total. The fourth-order valence-electron chi connectivity index (χ4n) is 1.52. The molecule has 0 fully saturated rings. The SMILES string of the molecule is O=c1ccc2ccccc2c(O)c1[N+](=O)[O-]. The molecule has 5 nitrogen and oxygen atoms in total. The van der Waals surface area contributed by atoms with E-state index in [0.29, 0.717) is 5.39 Å². The van der Waals surface area contributed by atoms with Crippen LogP contribution in [0.5, 0.6) is 5.75 Å². The summed E-state index contributed by atoms with van der Waals surface area (Å²) in [5.41, 5.74) is -1.60. The number of rotatable bonds is 1. The van der Waals surface area contributed by atoms with E-state index >= 15 is 0 Å². The number of hydrogen-bond acceptors (Lipinski definition) is 4. The van der Waals surface area contributed by atoms with Gasteiger partial charge in [0.1, 0.15) is 0 Å². The van der Waals surface area contributed by atoms with E-state index in [1.807, 2.05) is 0 Å². The molecule has 16 heavy (non-hydrogen) atoms. The van der Waals surface area contributed by atoms with Gasteiger partial charge in [0.2, 0.25) is 5.75 Å². The molecule has 5 heteroatoms. The van der Waals surface area contributed by atoms with Crippen molar-refractivity contribution in [3.63, 3.8) is 0 Å². The van der Waals surface area contributed by atoms with Gasteiger partial charge in [-0.1, -0.05) is 30.3 Å². The molecule has 2 aromatic carbocycles. The van der Waals surface area contributed by atoms with Crippen LogP contribution in [0.1, 0.15) is 0 Å². The van der Waals surface area contributed by atoms with Crippen LogP contribution in [0, 0.1) is 10.1 Å². The lowest BCUT2D eigenvalue weighted by molar-refractivity contribution is -0.386. The first-order chi connectivity index (χ1) is 7.61. The van der Waals surface area contributed by atoms with Crippen LogP contribution in [-0.2, 0) is 0 Å². The van der Waals surface area contributed by atoms with Crippen LogP contribution in [0.3, 0.4) is 0 Å². The third kappa shape index (κ3) is 1.48. The first-order valence-electron chi connectivity index (χ1n) is 4.50. The molecule has 0 unspecified atom stereocenters. The Balaban J connectivity index is 3.04. The van der Waals surface area contributed by atoms with E-state index in [1.165, 1.54) is 12.1 Å². The zero-order valence-electron chi connectivity index (χ0n) is 8.08. The van der Waals surface area contributed by atoms with Crippen LogP contribution >= 0.6 is 0 Å². The molecule has 0 saturated heterocycles. The monoisotopic (exact) mass is 217 g/mol. The minimum Gasteiger partial charge on any atom is -0.502 e. The molecule has 2 rings (SSSR count). The van der Waals surface area contributed by atoms with Gasteiger partial charge in [0, 0.05) is 5.39 Å². The lowest BCUT2D eigenvalue weighted by Crippen LogP contribution is -2.03. The molecule has 2 aromatic rings. The maximum Gasteiger partial charge on any atom is 0.358 e. The molecule has 0 atom stereocenters. The fourth-order valence-corrected chi connectivity index (χ4v) is 1.52. The summed E-state index contributed by atoms with van der Waals surface area (Å²) >= 11 is 0. The lowest BCUT2D eigenvalue weighted by Gasteiger charge is -1.94. The van der Waals surface area contributed by atoms with Crippen molar-refractivity contribution in [3.05, 3.63) is 56.7 Å². The zero-order valence-corrected chi connectivity index (χ0v) is 8.08. The van der Waals surface area contributed by atoms with Gasteiger partial charge < -0.3 is 5.11 Å². The number of benzene rings is 1. The van der Waals surface area contributed by atoms with Crippen molar-refractivity contribution < 1.29 is 10.0 Å². The Bertz CT molecular complexity index is 636. The van der Waals surface area contributed by atoms with Crippen molar-refractivity contribution in [3.8, 4) is 5.75 Å². The Morgan fingerprint density at radius 1 is 1.12 bits per heavy atom. The molecule has 0 saturated carbocycles. The Hall–Kier alpha value is -2.43. The van der Waals surface area contributed by atoms with E-state index in [0.717, 1.165) is 6.07 Å². The second-order valence-corrected chi connectivity index (χ2v) is 3.24. The predicted octanol–water partition coefficient (Wildman–Crippen LogP) is 1.81. The van der Waals surface area contributed by atoms with Gasteiger partial charge in [0.25, 0.3) is 5.43 Å². The van der Waals surface area contributed by atoms with Gasteiger partial charge in [-0.3, -0.25) is 14.9 Å². The van der Waals surface area contributed by atoms with Crippen LogP contribution in [0.15, 0.2) is 41.2 Å². The van der Waals surface area contributed by atoms with Gasteiger partial charge in [-0.2, -0.15) is 0 Å². The lowest BCUT2D eigenvalue weighted by atomic mass is 10.2. The minimum absolute atomic E-state index is 0.288. The van der Waals surface area contributed by atoms with Gasteiger partial charge in [0.15, 0.2) is 0 Å².